The number of nitriles is 1. The number of halogens is 2. The number of hydrogen-bond donors (Lipinski definition) is 1. The molecule has 0 radical (unpaired) electrons. The predicted molar refractivity (Wildman–Crippen MR) is 104 cm³/mol. The highest BCUT2D eigenvalue weighted by Gasteiger charge is 2.12. The SMILES string of the molecule is N#C/C(=C/c1ccc(-c2ccc(C(=O)O)c(Cl)c2)o1)c1cccc(Br)c1. The molecule has 0 spiro atoms. The first-order valence-corrected chi connectivity index (χ1v) is 8.66. The second-order valence-corrected chi connectivity index (χ2v) is 6.70. The first-order chi connectivity index (χ1) is 12.5. The molecular weight excluding hydrogens is 418 g/mol. The lowest BCUT2D eigenvalue weighted by molar-refractivity contribution is 0.0697. The maximum atomic E-state index is 11.0. The van der Waals surface area contributed by atoms with E-state index < -0.39 is 5.97 Å². The van der Waals surface area contributed by atoms with Crippen LogP contribution < -0.4 is 0 Å². The normalized spacial score (nSPS) is 11.2. The van der Waals surface area contributed by atoms with Gasteiger partial charge in [-0.15, -0.1) is 0 Å². The molecule has 0 saturated carbocycles. The van der Waals surface area contributed by atoms with Gasteiger partial charge in [-0.05, 0) is 48.0 Å². The van der Waals surface area contributed by atoms with E-state index in [0.717, 1.165) is 10.0 Å². The Hall–Kier alpha value is -2.81. The number of aromatic carboxylic acids is 1. The summed E-state index contributed by atoms with van der Waals surface area (Å²) in [4.78, 5) is 11.0. The standard InChI is InChI=1S/C20H11BrClNO3/c21-15-3-1-2-12(8-15)14(11-23)9-16-5-7-19(26-16)13-4-6-17(20(24)25)18(22)10-13/h1-10H,(H,24,25)/b14-9-. The van der Waals surface area contributed by atoms with Gasteiger partial charge in [-0.1, -0.05) is 45.7 Å². The van der Waals surface area contributed by atoms with E-state index in [0.29, 0.717) is 22.7 Å². The zero-order valence-corrected chi connectivity index (χ0v) is 15.6. The zero-order chi connectivity index (χ0) is 18.7. The van der Waals surface area contributed by atoms with Crippen molar-refractivity contribution in [1.82, 2.24) is 0 Å². The van der Waals surface area contributed by atoms with Gasteiger partial charge in [0.2, 0.25) is 0 Å². The highest BCUT2D eigenvalue weighted by Crippen LogP contribution is 2.29. The molecule has 4 nitrogen and oxygen atoms in total. The van der Waals surface area contributed by atoms with Crippen molar-refractivity contribution in [2.75, 3.05) is 0 Å². The summed E-state index contributed by atoms with van der Waals surface area (Å²) in [5.74, 6) is -0.0473. The Morgan fingerprint density at radius 2 is 2.00 bits per heavy atom. The molecule has 0 fully saturated rings. The maximum Gasteiger partial charge on any atom is 0.337 e. The van der Waals surface area contributed by atoms with E-state index >= 15 is 0 Å². The topological polar surface area (TPSA) is 74.2 Å². The molecule has 3 aromatic rings. The Labute approximate surface area is 163 Å². The van der Waals surface area contributed by atoms with Crippen molar-refractivity contribution in [3.8, 4) is 17.4 Å². The van der Waals surface area contributed by atoms with Crippen LogP contribution in [-0.2, 0) is 0 Å². The number of furan rings is 1. The van der Waals surface area contributed by atoms with Gasteiger partial charge < -0.3 is 9.52 Å². The summed E-state index contributed by atoms with van der Waals surface area (Å²) in [6.45, 7) is 0. The third-order valence-corrected chi connectivity index (χ3v) is 4.46. The van der Waals surface area contributed by atoms with Gasteiger partial charge in [0.15, 0.2) is 0 Å². The average Bonchev–Trinajstić information content (AvgIpc) is 3.08. The molecule has 0 atom stereocenters. The quantitative estimate of drug-likeness (QED) is 0.508. The van der Waals surface area contributed by atoms with E-state index in [9.17, 15) is 10.1 Å². The number of hydrogen-bond acceptors (Lipinski definition) is 3. The lowest BCUT2D eigenvalue weighted by Gasteiger charge is -2.02. The van der Waals surface area contributed by atoms with Gasteiger partial charge in [-0.25, -0.2) is 4.79 Å². The second-order valence-electron chi connectivity index (χ2n) is 5.38. The highest BCUT2D eigenvalue weighted by molar-refractivity contribution is 9.10. The minimum absolute atomic E-state index is 0.0310. The van der Waals surface area contributed by atoms with Crippen LogP contribution in [0.15, 0.2) is 63.5 Å². The van der Waals surface area contributed by atoms with Gasteiger partial charge in [0.25, 0.3) is 0 Å². The molecule has 0 bridgehead atoms. The Morgan fingerprint density at radius 3 is 2.65 bits per heavy atom. The molecule has 3 rings (SSSR count). The number of allylic oxidation sites excluding steroid dienone is 1. The average molecular weight is 429 g/mol. The molecule has 26 heavy (non-hydrogen) atoms. The molecule has 0 unspecified atom stereocenters. The van der Waals surface area contributed by atoms with Crippen LogP contribution in [0.5, 0.6) is 0 Å². The summed E-state index contributed by atoms with van der Waals surface area (Å²) in [6, 6.07) is 17.7. The largest absolute Gasteiger partial charge is 0.478 e. The van der Waals surface area contributed by atoms with E-state index in [2.05, 4.69) is 22.0 Å². The van der Waals surface area contributed by atoms with Gasteiger partial charge in [-0.3, -0.25) is 0 Å². The highest BCUT2D eigenvalue weighted by atomic mass is 79.9. The minimum Gasteiger partial charge on any atom is -0.478 e. The van der Waals surface area contributed by atoms with Crippen LogP contribution in [0.2, 0.25) is 5.02 Å². The number of carbonyl (C=O) groups is 1. The molecule has 6 heteroatoms. The van der Waals surface area contributed by atoms with E-state index in [-0.39, 0.29) is 10.6 Å². The van der Waals surface area contributed by atoms with Crippen molar-refractivity contribution < 1.29 is 14.3 Å². The van der Waals surface area contributed by atoms with E-state index in [1.54, 1.807) is 24.3 Å². The molecule has 2 aromatic carbocycles. The number of rotatable bonds is 4. The van der Waals surface area contributed by atoms with Gasteiger partial charge >= 0.3 is 5.97 Å². The molecule has 1 heterocycles. The fourth-order valence-corrected chi connectivity index (χ4v) is 3.07. The summed E-state index contributed by atoms with van der Waals surface area (Å²) in [5, 5.41) is 18.6. The summed E-state index contributed by atoms with van der Waals surface area (Å²) in [6.07, 6.45) is 1.65. The Morgan fingerprint density at radius 1 is 1.19 bits per heavy atom. The van der Waals surface area contributed by atoms with Gasteiger partial charge in [-0.2, -0.15) is 5.26 Å². The zero-order valence-electron chi connectivity index (χ0n) is 13.2. The molecule has 1 N–H and O–H groups in total. The molecule has 0 amide bonds. The summed E-state index contributed by atoms with van der Waals surface area (Å²) in [7, 11) is 0. The van der Waals surface area contributed by atoms with Crippen molar-refractivity contribution >= 4 is 45.1 Å². The first kappa shape index (κ1) is 18.0. The minimum atomic E-state index is -1.09. The number of nitrogens with zero attached hydrogens (tertiary/aromatic N) is 1. The smallest absolute Gasteiger partial charge is 0.337 e. The van der Waals surface area contributed by atoms with Crippen LogP contribution >= 0.6 is 27.5 Å². The van der Waals surface area contributed by atoms with Gasteiger partial charge in [0, 0.05) is 10.0 Å². The Bertz CT molecular complexity index is 1060. The summed E-state index contributed by atoms with van der Waals surface area (Å²) >= 11 is 9.39. The van der Waals surface area contributed by atoms with E-state index in [1.807, 2.05) is 24.3 Å². The maximum absolute atomic E-state index is 11.0. The van der Waals surface area contributed by atoms with Crippen LogP contribution in [0.1, 0.15) is 21.7 Å². The number of carboxylic acids is 1. The lowest BCUT2D eigenvalue weighted by Crippen LogP contribution is -1.96. The third-order valence-electron chi connectivity index (χ3n) is 3.65. The lowest BCUT2D eigenvalue weighted by atomic mass is 10.1. The summed E-state index contributed by atoms with van der Waals surface area (Å²) < 4.78 is 6.64. The molecule has 0 aliphatic carbocycles. The molecule has 0 aliphatic heterocycles. The summed E-state index contributed by atoms with van der Waals surface area (Å²) in [5.41, 5.74) is 1.92. The monoisotopic (exact) mass is 427 g/mol. The Kier molecular flexibility index (Phi) is 5.27. The van der Waals surface area contributed by atoms with Crippen LogP contribution in [0.4, 0.5) is 0 Å². The molecule has 1 aromatic heterocycles. The number of carboxylic acid groups (broad SMARTS) is 1. The van der Waals surface area contributed by atoms with Crippen molar-refractivity contribution in [1.29, 1.82) is 5.26 Å². The van der Waals surface area contributed by atoms with Crippen molar-refractivity contribution in [3.05, 3.63) is 81.0 Å². The number of benzene rings is 2. The van der Waals surface area contributed by atoms with E-state index in [4.69, 9.17) is 21.1 Å². The molecule has 0 aliphatic rings. The third kappa shape index (κ3) is 3.88. The van der Waals surface area contributed by atoms with Crippen molar-refractivity contribution in [2.24, 2.45) is 0 Å². The van der Waals surface area contributed by atoms with Gasteiger partial charge in [0.05, 0.1) is 22.2 Å². The Balaban J connectivity index is 1.93. The van der Waals surface area contributed by atoms with Crippen molar-refractivity contribution in [3.63, 3.8) is 0 Å². The molecule has 128 valence electrons. The van der Waals surface area contributed by atoms with Crippen LogP contribution in [-0.4, -0.2) is 11.1 Å². The van der Waals surface area contributed by atoms with Crippen LogP contribution in [0.25, 0.3) is 23.0 Å². The van der Waals surface area contributed by atoms with Crippen molar-refractivity contribution in [2.45, 2.75) is 0 Å². The fraction of sp³-hybridized carbons (Fsp3) is 0. The van der Waals surface area contributed by atoms with Crippen LogP contribution in [0, 0.1) is 11.3 Å². The van der Waals surface area contributed by atoms with Crippen LogP contribution in [0.3, 0.4) is 0 Å². The van der Waals surface area contributed by atoms with E-state index in [1.165, 1.54) is 12.1 Å². The fourth-order valence-electron chi connectivity index (χ4n) is 2.41. The first-order valence-electron chi connectivity index (χ1n) is 7.48. The van der Waals surface area contributed by atoms with Gasteiger partial charge in [0.1, 0.15) is 11.5 Å². The second kappa shape index (κ2) is 7.61. The predicted octanol–water partition coefficient (Wildman–Crippen LogP) is 6.12. The molecular formula is C20H11BrClNO3. The molecule has 0 saturated heterocycles.